The van der Waals surface area contributed by atoms with E-state index in [2.05, 4.69) is 25.7 Å². The molecule has 0 saturated carbocycles. The number of nitrogens with zero attached hydrogens (tertiary/aromatic N) is 3. The molecule has 0 aliphatic carbocycles. The van der Waals surface area contributed by atoms with Crippen LogP contribution in [0.15, 0.2) is 30.3 Å². The minimum Gasteiger partial charge on any atom is -0.298 e. The van der Waals surface area contributed by atoms with Gasteiger partial charge >= 0.3 is 6.18 Å². The molecule has 0 aliphatic heterocycles. The van der Waals surface area contributed by atoms with E-state index >= 15 is 0 Å². The maximum Gasteiger partial charge on any atom is 0.416 e. The topological polar surface area (TPSA) is 83.6 Å². The summed E-state index contributed by atoms with van der Waals surface area (Å²) < 4.78 is 38.7. The number of hydrogen-bond donors (Lipinski definition) is 2. The quantitative estimate of drug-likeness (QED) is 0.522. The first-order valence-electron chi connectivity index (χ1n) is 7.11. The Hall–Kier alpha value is -2.72. The summed E-state index contributed by atoms with van der Waals surface area (Å²) in [5.41, 5.74) is 0.603. The molecule has 2 aromatic heterocycles. The highest BCUT2D eigenvalue weighted by Crippen LogP contribution is 2.34. The van der Waals surface area contributed by atoms with Gasteiger partial charge in [-0.25, -0.2) is 4.98 Å². The zero-order chi connectivity index (χ0) is 18.5. The average Bonchev–Trinajstić information content (AvgIpc) is 3.17. The lowest BCUT2D eigenvalue weighted by Crippen LogP contribution is -2.12. The number of carbonyl (C=O) groups is 1. The van der Waals surface area contributed by atoms with Crippen LogP contribution >= 0.6 is 22.9 Å². The number of anilines is 1. The van der Waals surface area contributed by atoms with Crippen LogP contribution in [0.5, 0.6) is 0 Å². The molecule has 2 aromatic carbocycles. The lowest BCUT2D eigenvalue weighted by molar-refractivity contribution is -0.137. The fourth-order valence-corrected chi connectivity index (χ4v) is 3.53. The molecule has 11 heteroatoms. The minimum atomic E-state index is -4.44. The molecule has 4 aromatic rings. The van der Waals surface area contributed by atoms with Crippen molar-refractivity contribution in [3.63, 3.8) is 0 Å². The van der Waals surface area contributed by atoms with Gasteiger partial charge in [-0.1, -0.05) is 28.2 Å². The van der Waals surface area contributed by atoms with Crippen molar-refractivity contribution < 1.29 is 18.0 Å². The van der Waals surface area contributed by atoms with Crippen LogP contribution in [0.3, 0.4) is 0 Å². The van der Waals surface area contributed by atoms with Gasteiger partial charge in [0.1, 0.15) is 5.52 Å². The van der Waals surface area contributed by atoms with Crippen molar-refractivity contribution in [1.29, 1.82) is 0 Å². The Balaban J connectivity index is 1.68. The number of nitrogens with one attached hydrogen (secondary N) is 2. The van der Waals surface area contributed by atoms with E-state index in [1.165, 1.54) is 12.1 Å². The van der Waals surface area contributed by atoms with Gasteiger partial charge in [-0.15, -0.1) is 5.10 Å². The summed E-state index contributed by atoms with van der Waals surface area (Å²) in [5.74, 6) is -0.529. The molecule has 1 amide bonds. The van der Waals surface area contributed by atoms with Crippen molar-refractivity contribution in [1.82, 2.24) is 20.4 Å². The molecule has 0 bridgehead atoms. The van der Waals surface area contributed by atoms with E-state index in [1.807, 2.05) is 0 Å². The minimum absolute atomic E-state index is 0.171. The predicted octanol–water partition coefficient (Wildman–Crippen LogP) is 4.49. The number of aromatic nitrogens is 4. The van der Waals surface area contributed by atoms with Gasteiger partial charge in [0.15, 0.2) is 5.13 Å². The summed E-state index contributed by atoms with van der Waals surface area (Å²) in [7, 11) is 0. The molecule has 0 saturated heterocycles. The monoisotopic (exact) mass is 397 g/mol. The van der Waals surface area contributed by atoms with Crippen molar-refractivity contribution in [2.45, 2.75) is 6.18 Å². The summed E-state index contributed by atoms with van der Waals surface area (Å²) in [5, 5.41) is 13.1. The molecule has 0 radical (unpaired) electrons. The van der Waals surface area contributed by atoms with E-state index in [0.29, 0.717) is 26.3 Å². The number of thiazole rings is 1. The molecule has 4 rings (SSSR count). The molecule has 0 aliphatic rings. The van der Waals surface area contributed by atoms with Crippen LogP contribution in [-0.2, 0) is 6.18 Å². The number of benzene rings is 2. The van der Waals surface area contributed by atoms with Crippen LogP contribution in [0.25, 0.3) is 21.3 Å². The number of hydrogen-bond acceptors (Lipinski definition) is 5. The van der Waals surface area contributed by atoms with E-state index in [1.54, 1.807) is 6.07 Å². The Morgan fingerprint density at radius 2 is 2.00 bits per heavy atom. The molecule has 0 unspecified atom stereocenters. The van der Waals surface area contributed by atoms with Gasteiger partial charge in [-0.05, 0) is 30.3 Å². The third kappa shape index (κ3) is 2.97. The molecule has 0 spiro atoms. The van der Waals surface area contributed by atoms with Gasteiger partial charge < -0.3 is 0 Å². The zero-order valence-electron chi connectivity index (χ0n) is 12.6. The highest BCUT2D eigenvalue weighted by Gasteiger charge is 2.30. The molecular weight excluding hydrogens is 391 g/mol. The Bertz CT molecular complexity index is 1150. The highest BCUT2D eigenvalue weighted by atomic mass is 35.5. The third-order valence-electron chi connectivity index (χ3n) is 3.58. The van der Waals surface area contributed by atoms with Crippen LogP contribution in [0, 0.1) is 0 Å². The third-order valence-corrected chi connectivity index (χ3v) is 4.73. The number of H-pyrrole nitrogens is 1. The van der Waals surface area contributed by atoms with Gasteiger partial charge in [-0.2, -0.15) is 13.2 Å². The van der Waals surface area contributed by atoms with Crippen molar-refractivity contribution in [3.05, 3.63) is 46.5 Å². The smallest absolute Gasteiger partial charge is 0.298 e. The van der Waals surface area contributed by atoms with Crippen molar-refractivity contribution in [2.24, 2.45) is 0 Å². The maximum absolute atomic E-state index is 12.8. The first kappa shape index (κ1) is 16.7. The molecule has 6 nitrogen and oxygen atoms in total. The number of halogens is 4. The average molecular weight is 398 g/mol. The highest BCUT2D eigenvalue weighted by molar-refractivity contribution is 7.22. The van der Waals surface area contributed by atoms with Gasteiger partial charge in [0.05, 0.1) is 26.9 Å². The molecule has 2 heterocycles. The number of carbonyl (C=O) groups excluding carboxylic acids is 1. The standard InChI is InChI=1S/C15H7ClF3N5OS/c16-7-4-8(12-10(5-7)22-24-23-12)13(25)21-14-20-9-2-1-6(15(17,18)19)3-11(9)26-14/h1-5H,(H,20,21,25)(H,22,23,24). The van der Waals surface area contributed by atoms with E-state index in [-0.39, 0.29) is 10.7 Å². The van der Waals surface area contributed by atoms with Gasteiger partial charge in [0, 0.05) is 5.02 Å². The van der Waals surface area contributed by atoms with E-state index < -0.39 is 17.6 Å². The molecule has 26 heavy (non-hydrogen) atoms. The second-order valence-electron chi connectivity index (χ2n) is 5.31. The summed E-state index contributed by atoms with van der Waals surface area (Å²) in [6.45, 7) is 0. The number of alkyl halides is 3. The fourth-order valence-electron chi connectivity index (χ4n) is 2.42. The van der Waals surface area contributed by atoms with Crippen LogP contribution in [0.1, 0.15) is 15.9 Å². The summed E-state index contributed by atoms with van der Waals surface area (Å²) in [4.78, 5) is 16.7. The Morgan fingerprint density at radius 1 is 1.19 bits per heavy atom. The Morgan fingerprint density at radius 3 is 2.77 bits per heavy atom. The fraction of sp³-hybridized carbons (Fsp3) is 0.0667. The van der Waals surface area contributed by atoms with Gasteiger partial charge in [0.2, 0.25) is 0 Å². The molecule has 0 atom stereocenters. The lowest BCUT2D eigenvalue weighted by atomic mass is 10.1. The summed E-state index contributed by atoms with van der Waals surface area (Å²) in [6.07, 6.45) is -4.44. The Kier molecular flexibility index (Phi) is 3.81. The zero-order valence-corrected chi connectivity index (χ0v) is 14.1. The van der Waals surface area contributed by atoms with Crippen LogP contribution < -0.4 is 5.32 Å². The number of aromatic amines is 1. The summed E-state index contributed by atoms with van der Waals surface area (Å²) >= 11 is 6.92. The second-order valence-corrected chi connectivity index (χ2v) is 6.78. The van der Waals surface area contributed by atoms with E-state index in [9.17, 15) is 18.0 Å². The van der Waals surface area contributed by atoms with Crippen LogP contribution in [-0.4, -0.2) is 26.3 Å². The van der Waals surface area contributed by atoms with Gasteiger partial charge in [0.25, 0.3) is 5.91 Å². The molecule has 132 valence electrons. The lowest BCUT2D eigenvalue weighted by Gasteiger charge is -2.04. The summed E-state index contributed by atoms with van der Waals surface area (Å²) in [6, 6.07) is 6.20. The Labute approximate surface area is 152 Å². The maximum atomic E-state index is 12.8. The van der Waals surface area contributed by atoms with Crippen molar-refractivity contribution in [3.8, 4) is 0 Å². The first-order valence-corrected chi connectivity index (χ1v) is 8.30. The molecular formula is C15H7ClF3N5OS. The number of fused-ring (bicyclic) bond motifs is 2. The number of rotatable bonds is 2. The number of amides is 1. The van der Waals surface area contributed by atoms with Gasteiger partial charge in [-0.3, -0.25) is 15.2 Å². The van der Waals surface area contributed by atoms with E-state index in [0.717, 1.165) is 23.5 Å². The predicted molar refractivity (Wildman–Crippen MR) is 91.5 cm³/mol. The molecule has 0 fully saturated rings. The first-order chi connectivity index (χ1) is 12.3. The normalized spacial score (nSPS) is 12.0. The largest absolute Gasteiger partial charge is 0.416 e. The van der Waals surface area contributed by atoms with Crippen molar-refractivity contribution >= 4 is 55.2 Å². The van der Waals surface area contributed by atoms with Crippen molar-refractivity contribution in [2.75, 3.05) is 5.32 Å². The SMILES string of the molecule is O=C(Nc1nc2ccc(C(F)(F)F)cc2s1)c1cc(Cl)cc2nn[nH]c12. The second kappa shape index (κ2) is 5.92. The van der Waals surface area contributed by atoms with E-state index in [4.69, 9.17) is 11.6 Å². The van der Waals surface area contributed by atoms with Crippen LogP contribution in [0.4, 0.5) is 18.3 Å². The van der Waals surface area contributed by atoms with Crippen LogP contribution in [0.2, 0.25) is 5.02 Å². The molecule has 2 N–H and O–H groups in total.